The highest BCUT2D eigenvalue weighted by Gasteiger charge is 2.22. The van der Waals surface area contributed by atoms with Crippen LogP contribution in [0.25, 0.3) is 10.9 Å². The number of aromatic nitrogens is 4. The molecule has 0 saturated heterocycles. The Morgan fingerprint density at radius 1 is 1.17 bits per heavy atom. The van der Waals surface area contributed by atoms with Crippen LogP contribution in [0.5, 0.6) is 0 Å². The number of nitrogens with one attached hydrogen (secondary N) is 2. The zero-order chi connectivity index (χ0) is 15.9. The molecule has 3 aromatic heterocycles. The highest BCUT2D eigenvalue weighted by atomic mass is 32.1. The third-order valence-corrected chi connectivity index (χ3v) is 5.12. The molecule has 0 unspecified atom stereocenters. The number of fused-ring (bicyclic) bond motifs is 2. The van der Waals surface area contributed by atoms with Crippen LogP contribution in [0.15, 0.2) is 48.1 Å². The van der Waals surface area contributed by atoms with Gasteiger partial charge in [-0.15, -0.1) is 11.3 Å². The van der Waals surface area contributed by atoms with Crippen LogP contribution in [0.4, 0.5) is 17.5 Å². The van der Waals surface area contributed by atoms with Gasteiger partial charge in [0.2, 0.25) is 5.95 Å². The van der Waals surface area contributed by atoms with Crippen molar-refractivity contribution in [1.29, 1.82) is 0 Å². The summed E-state index contributed by atoms with van der Waals surface area (Å²) in [5.74, 6) is 1.55. The lowest BCUT2D eigenvalue weighted by molar-refractivity contribution is 0.831. The van der Waals surface area contributed by atoms with Crippen molar-refractivity contribution in [1.82, 2.24) is 20.2 Å². The standard InChI is InChI=1S/C17H14N6S/c1-2-14-12(8-19-22-14)7-13(1)20-16-3-5-18-17(21-16)23-9-11-4-6-24-15(11)10-23/h1-8H,9-10H2,(H,19,22)(H,18,20,21). The molecule has 0 bridgehead atoms. The monoisotopic (exact) mass is 334 g/mol. The number of thiophene rings is 1. The Labute approximate surface area is 142 Å². The fraction of sp³-hybridized carbons (Fsp3) is 0.118. The fourth-order valence-corrected chi connectivity index (χ4v) is 3.87. The van der Waals surface area contributed by atoms with Gasteiger partial charge in [-0.2, -0.15) is 10.1 Å². The summed E-state index contributed by atoms with van der Waals surface area (Å²) in [5, 5.41) is 13.6. The number of H-pyrrole nitrogens is 1. The molecule has 7 heteroatoms. The molecule has 6 nitrogen and oxygen atoms in total. The van der Waals surface area contributed by atoms with Crippen LogP contribution in [-0.2, 0) is 13.1 Å². The number of hydrogen-bond donors (Lipinski definition) is 2. The van der Waals surface area contributed by atoms with Crippen LogP contribution < -0.4 is 10.2 Å². The largest absolute Gasteiger partial charge is 0.340 e. The van der Waals surface area contributed by atoms with Gasteiger partial charge in [0.25, 0.3) is 0 Å². The lowest BCUT2D eigenvalue weighted by atomic mass is 10.2. The lowest BCUT2D eigenvalue weighted by Crippen LogP contribution is -2.17. The molecule has 1 aliphatic rings. The number of nitrogens with zero attached hydrogens (tertiary/aromatic N) is 4. The molecule has 0 radical (unpaired) electrons. The highest BCUT2D eigenvalue weighted by Crippen LogP contribution is 2.30. The first-order valence-corrected chi connectivity index (χ1v) is 8.56. The van der Waals surface area contributed by atoms with Gasteiger partial charge in [0.15, 0.2) is 0 Å². The zero-order valence-corrected chi connectivity index (χ0v) is 13.5. The van der Waals surface area contributed by atoms with Crippen molar-refractivity contribution in [3.05, 3.63) is 58.5 Å². The van der Waals surface area contributed by atoms with E-state index in [0.717, 1.165) is 41.4 Å². The molecule has 0 saturated carbocycles. The first-order valence-electron chi connectivity index (χ1n) is 7.68. The third-order valence-electron chi connectivity index (χ3n) is 4.17. The zero-order valence-electron chi connectivity index (χ0n) is 12.7. The molecule has 2 N–H and O–H groups in total. The minimum atomic E-state index is 0.757. The first kappa shape index (κ1) is 13.5. The molecule has 1 aromatic carbocycles. The van der Waals surface area contributed by atoms with Gasteiger partial charge in [-0.1, -0.05) is 0 Å². The van der Waals surface area contributed by atoms with Gasteiger partial charge >= 0.3 is 0 Å². The second kappa shape index (κ2) is 5.31. The van der Waals surface area contributed by atoms with Gasteiger partial charge in [-0.05, 0) is 41.3 Å². The van der Waals surface area contributed by atoms with Gasteiger partial charge in [0.1, 0.15) is 5.82 Å². The number of benzene rings is 1. The predicted octanol–water partition coefficient (Wildman–Crippen LogP) is 3.68. The molecule has 0 atom stereocenters. The molecule has 0 fully saturated rings. The Kier molecular flexibility index (Phi) is 2.99. The Morgan fingerprint density at radius 2 is 2.17 bits per heavy atom. The van der Waals surface area contributed by atoms with E-state index >= 15 is 0 Å². The van der Waals surface area contributed by atoms with Crippen molar-refractivity contribution < 1.29 is 0 Å². The van der Waals surface area contributed by atoms with Crippen LogP contribution >= 0.6 is 11.3 Å². The normalized spacial score (nSPS) is 13.4. The summed E-state index contributed by atoms with van der Waals surface area (Å²) in [6.07, 6.45) is 3.61. The summed E-state index contributed by atoms with van der Waals surface area (Å²) in [6.45, 7) is 1.76. The predicted molar refractivity (Wildman–Crippen MR) is 95.6 cm³/mol. The molecular formula is C17H14N6S. The van der Waals surface area contributed by atoms with E-state index in [1.165, 1.54) is 10.4 Å². The summed E-state index contributed by atoms with van der Waals surface area (Å²) in [5.41, 5.74) is 3.38. The maximum Gasteiger partial charge on any atom is 0.227 e. The van der Waals surface area contributed by atoms with Crippen LogP contribution in [0.3, 0.4) is 0 Å². The molecule has 0 amide bonds. The molecule has 1 aliphatic heterocycles. The average Bonchev–Trinajstić information content (AvgIpc) is 3.30. The molecule has 4 aromatic rings. The summed E-state index contributed by atoms with van der Waals surface area (Å²) in [7, 11) is 0. The van der Waals surface area contributed by atoms with Crippen molar-refractivity contribution in [3.63, 3.8) is 0 Å². The summed E-state index contributed by atoms with van der Waals surface area (Å²) < 4.78 is 0. The minimum Gasteiger partial charge on any atom is -0.340 e. The minimum absolute atomic E-state index is 0.757. The summed E-state index contributed by atoms with van der Waals surface area (Å²) in [4.78, 5) is 12.7. The maximum atomic E-state index is 4.67. The number of aromatic amines is 1. The van der Waals surface area contributed by atoms with Gasteiger partial charge < -0.3 is 10.2 Å². The molecule has 4 heterocycles. The van der Waals surface area contributed by atoms with Crippen LogP contribution in [0, 0.1) is 0 Å². The van der Waals surface area contributed by atoms with E-state index in [1.807, 2.05) is 30.5 Å². The Morgan fingerprint density at radius 3 is 3.12 bits per heavy atom. The average molecular weight is 334 g/mol. The van der Waals surface area contributed by atoms with Crippen LogP contribution in [-0.4, -0.2) is 20.2 Å². The van der Waals surface area contributed by atoms with Crippen LogP contribution in [0.2, 0.25) is 0 Å². The number of rotatable bonds is 3. The van der Waals surface area contributed by atoms with Crippen LogP contribution in [0.1, 0.15) is 10.4 Å². The second-order valence-corrected chi connectivity index (χ2v) is 6.76. The third kappa shape index (κ3) is 2.30. The van der Waals surface area contributed by atoms with E-state index < -0.39 is 0 Å². The molecule has 24 heavy (non-hydrogen) atoms. The topological polar surface area (TPSA) is 69.7 Å². The van der Waals surface area contributed by atoms with Gasteiger partial charge in [0, 0.05) is 28.7 Å². The number of anilines is 3. The van der Waals surface area contributed by atoms with E-state index in [1.54, 1.807) is 17.5 Å². The Balaban J connectivity index is 1.40. The molecule has 0 spiro atoms. The Hall–Kier alpha value is -2.93. The van der Waals surface area contributed by atoms with E-state index in [-0.39, 0.29) is 0 Å². The first-order chi connectivity index (χ1) is 11.8. The molecular weight excluding hydrogens is 320 g/mol. The Bertz CT molecular complexity index is 1000. The quantitative estimate of drug-likeness (QED) is 0.598. The highest BCUT2D eigenvalue weighted by molar-refractivity contribution is 7.10. The van der Waals surface area contributed by atoms with Crippen molar-refractivity contribution in [3.8, 4) is 0 Å². The van der Waals surface area contributed by atoms with E-state index in [4.69, 9.17) is 0 Å². The molecule has 5 rings (SSSR count). The summed E-state index contributed by atoms with van der Waals surface area (Å²) >= 11 is 1.80. The SMILES string of the molecule is c1cc(Nc2ccc3[nH]ncc3c2)nc(N2Cc3ccsc3C2)n1. The van der Waals surface area contributed by atoms with Gasteiger partial charge in [0.05, 0.1) is 18.3 Å². The smallest absolute Gasteiger partial charge is 0.227 e. The van der Waals surface area contributed by atoms with Crippen molar-refractivity contribution >= 4 is 39.7 Å². The van der Waals surface area contributed by atoms with Gasteiger partial charge in [-0.3, -0.25) is 5.10 Å². The second-order valence-electron chi connectivity index (χ2n) is 5.76. The van der Waals surface area contributed by atoms with E-state index in [0.29, 0.717) is 0 Å². The lowest BCUT2D eigenvalue weighted by Gasteiger charge is -2.16. The molecule has 0 aliphatic carbocycles. The maximum absolute atomic E-state index is 4.67. The fourth-order valence-electron chi connectivity index (χ4n) is 2.96. The van der Waals surface area contributed by atoms with Crippen molar-refractivity contribution in [2.75, 3.05) is 10.2 Å². The van der Waals surface area contributed by atoms with Crippen molar-refractivity contribution in [2.24, 2.45) is 0 Å². The van der Waals surface area contributed by atoms with E-state index in [9.17, 15) is 0 Å². The van der Waals surface area contributed by atoms with E-state index in [2.05, 4.69) is 41.8 Å². The molecule has 118 valence electrons. The summed E-state index contributed by atoms with van der Waals surface area (Å²) in [6, 6.07) is 10.1. The number of hydrogen-bond acceptors (Lipinski definition) is 6. The van der Waals surface area contributed by atoms with Crippen molar-refractivity contribution in [2.45, 2.75) is 13.1 Å². The van der Waals surface area contributed by atoms with Gasteiger partial charge in [-0.25, -0.2) is 4.98 Å².